The first-order chi connectivity index (χ1) is 21.6. The van der Waals surface area contributed by atoms with Crippen LogP contribution in [0.25, 0.3) is 0 Å². The fraction of sp³-hybridized carbons (Fsp3) is 0.750. The molecular weight excluding hydrogens is 586 g/mol. The van der Waals surface area contributed by atoms with Crippen LogP contribution in [0.5, 0.6) is 0 Å². The second-order valence-electron chi connectivity index (χ2n) is 14.0. The lowest BCUT2D eigenvalue weighted by molar-refractivity contribution is -0.154. The summed E-state index contributed by atoms with van der Waals surface area (Å²) in [6.45, 7) is 17.0. The van der Waals surface area contributed by atoms with E-state index in [2.05, 4.69) is 24.1 Å². The molecule has 0 saturated carbocycles. The van der Waals surface area contributed by atoms with E-state index in [4.69, 9.17) is 18.9 Å². The fourth-order valence-corrected chi connectivity index (χ4v) is 6.61. The van der Waals surface area contributed by atoms with Gasteiger partial charge >= 0.3 is 12.1 Å². The maximum atomic E-state index is 13.8. The molecule has 0 spiro atoms. The Bertz CT molecular complexity index is 1090. The highest BCUT2D eigenvalue weighted by Gasteiger charge is 2.43. The summed E-state index contributed by atoms with van der Waals surface area (Å²) >= 11 is 0. The van der Waals surface area contributed by atoms with Gasteiger partial charge in [-0.3, -0.25) is 9.69 Å². The molecule has 10 nitrogen and oxygen atoms in total. The van der Waals surface area contributed by atoms with E-state index in [1.807, 2.05) is 58.0 Å². The summed E-state index contributed by atoms with van der Waals surface area (Å²) in [5.74, 6) is -1.05. The largest absolute Gasteiger partial charge is 0.464 e. The Morgan fingerprint density at radius 3 is 2.24 bits per heavy atom. The molecule has 0 aromatic heterocycles. The number of amides is 2. The van der Waals surface area contributed by atoms with Crippen LogP contribution in [-0.2, 0) is 35.0 Å². The number of hydrogen-bond donors (Lipinski definition) is 1. The second kappa shape index (κ2) is 18.0. The summed E-state index contributed by atoms with van der Waals surface area (Å²) in [6, 6.07) is 9.46. The number of nitrogens with zero attached hydrogens (tertiary/aromatic N) is 2. The van der Waals surface area contributed by atoms with Gasteiger partial charge in [0.25, 0.3) is 0 Å². The maximum Gasteiger partial charge on any atom is 0.410 e. The minimum atomic E-state index is -1.23. The highest BCUT2D eigenvalue weighted by atomic mass is 16.6. The van der Waals surface area contributed by atoms with Crippen LogP contribution in [0, 0.1) is 11.8 Å². The predicted octanol–water partition coefficient (Wildman–Crippen LogP) is 5.47. The topological polar surface area (TPSA) is 107 Å². The normalized spacial score (nSPS) is 20.1. The molecular formula is C36H61N3O7. The van der Waals surface area contributed by atoms with Gasteiger partial charge in [-0.25, -0.2) is 9.59 Å². The van der Waals surface area contributed by atoms with Gasteiger partial charge in [-0.1, -0.05) is 57.5 Å². The lowest BCUT2D eigenvalue weighted by atomic mass is 9.89. The van der Waals surface area contributed by atoms with Crippen LogP contribution in [0.3, 0.4) is 0 Å². The van der Waals surface area contributed by atoms with Crippen LogP contribution in [0.15, 0.2) is 30.3 Å². The van der Waals surface area contributed by atoms with Crippen LogP contribution in [0.1, 0.15) is 86.6 Å². The number of ether oxygens (including phenoxy) is 4. The molecule has 262 valence electrons. The quantitative estimate of drug-likeness (QED) is 0.222. The zero-order valence-electron chi connectivity index (χ0n) is 30.3. The van der Waals surface area contributed by atoms with Crippen molar-refractivity contribution in [2.75, 3.05) is 41.0 Å². The zero-order chi connectivity index (χ0) is 34.7. The molecule has 1 aromatic rings. The summed E-state index contributed by atoms with van der Waals surface area (Å²) in [5, 5.41) is 3.03. The third-order valence-corrected chi connectivity index (χ3v) is 9.24. The van der Waals surface area contributed by atoms with Gasteiger partial charge in [0.15, 0.2) is 0 Å². The Balaban J connectivity index is 2.19. The third-order valence-electron chi connectivity index (χ3n) is 9.24. The van der Waals surface area contributed by atoms with Crippen LogP contribution in [0.4, 0.5) is 4.79 Å². The van der Waals surface area contributed by atoms with E-state index in [0.717, 1.165) is 37.9 Å². The zero-order valence-corrected chi connectivity index (χ0v) is 30.3. The van der Waals surface area contributed by atoms with E-state index in [-0.39, 0.29) is 48.8 Å². The Morgan fingerprint density at radius 2 is 1.70 bits per heavy atom. The van der Waals surface area contributed by atoms with Crippen molar-refractivity contribution in [1.82, 2.24) is 15.1 Å². The number of benzene rings is 1. The first kappa shape index (κ1) is 39.5. The highest BCUT2D eigenvalue weighted by molar-refractivity contribution is 5.89. The summed E-state index contributed by atoms with van der Waals surface area (Å²) in [5.41, 5.74) is -0.894. The highest BCUT2D eigenvalue weighted by Crippen LogP contribution is 2.29. The summed E-state index contributed by atoms with van der Waals surface area (Å²) < 4.78 is 23.1. The first-order valence-corrected chi connectivity index (χ1v) is 16.9. The van der Waals surface area contributed by atoms with Gasteiger partial charge in [-0.05, 0) is 71.9 Å². The van der Waals surface area contributed by atoms with Crippen LogP contribution in [0.2, 0.25) is 0 Å². The van der Waals surface area contributed by atoms with Crippen molar-refractivity contribution >= 4 is 18.0 Å². The van der Waals surface area contributed by atoms with E-state index in [9.17, 15) is 14.4 Å². The molecule has 0 radical (unpaired) electrons. The summed E-state index contributed by atoms with van der Waals surface area (Å²) in [4.78, 5) is 44.0. The van der Waals surface area contributed by atoms with Crippen molar-refractivity contribution in [2.45, 2.75) is 123 Å². The Labute approximate surface area is 277 Å². The van der Waals surface area contributed by atoms with E-state index in [1.54, 1.807) is 40.0 Å². The summed E-state index contributed by atoms with van der Waals surface area (Å²) in [7, 11) is 5.13. The predicted molar refractivity (Wildman–Crippen MR) is 181 cm³/mol. The number of methoxy groups -OCH3 is 2. The van der Waals surface area contributed by atoms with Crippen molar-refractivity contribution in [1.29, 1.82) is 0 Å². The molecule has 46 heavy (non-hydrogen) atoms. The number of carbonyl (C=O) groups excluding carboxylic acids is 3. The number of esters is 1. The van der Waals surface area contributed by atoms with Crippen molar-refractivity contribution in [3.05, 3.63) is 35.9 Å². The molecule has 2 rings (SSSR count). The minimum Gasteiger partial charge on any atom is -0.464 e. The third kappa shape index (κ3) is 10.9. The Kier molecular flexibility index (Phi) is 15.5. The lowest BCUT2D eigenvalue weighted by Crippen LogP contribution is -2.58. The first-order valence-electron chi connectivity index (χ1n) is 16.9. The molecule has 1 aliphatic heterocycles. The monoisotopic (exact) mass is 647 g/mol. The Hall–Kier alpha value is -2.69. The maximum absolute atomic E-state index is 13.8. The SMILES string of the molecule is CCOC(=O)[C@](C)(Cc1ccccc1)NC(=O)[C@H](C)[C@@H](OC)[C@@H]1CCCN1CC[C@@H](OC)[C@H]([C@@H](C)CC)N(C)C(=O)OC(C)(C)C. The minimum absolute atomic E-state index is 0.0110. The molecule has 1 aromatic carbocycles. The van der Waals surface area contributed by atoms with Gasteiger partial charge in [0, 0.05) is 40.3 Å². The number of nitrogens with one attached hydrogen (secondary N) is 1. The van der Waals surface area contributed by atoms with Gasteiger partial charge in [0.05, 0.1) is 30.8 Å². The van der Waals surface area contributed by atoms with E-state index in [0.29, 0.717) is 12.8 Å². The second-order valence-corrected chi connectivity index (χ2v) is 14.0. The molecule has 1 aliphatic rings. The van der Waals surface area contributed by atoms with Gasteiger partial charge in [0.2, 0.25) is 5.91 Å². The van der Waals surface area contributed by atoms with Gasteiger partial charge in [0.1, 0.15) is 11.1 Å². The average Bonchev–Trinajstić information content (AvgIpc) is 3.46. The smallest absolute Gasteiger partial charge is 0.410 e. The molecule has 1 saturated heterocycles. The number of hydrogen-bond acceptors (Lipinski definition) is 8. The summed E-state index contributed by atoms with van der Waals surface area (Å²) in [6.07, 6.45) is 2.81. The van der Waals surface area contributed by atoms with Crippen LogP contribution < -0.4 is 5.32 Å². The van der Waals surface area contributed by atoms with Crippen LogP contribution >= 0.6 is 0 Å². The molecule has 0 aliphatic carbocycles. The van der Waals surface area contributed by atoms with Gasteiger partial charge in [-0.15, -0.1) is 0 Å². The lowest BCUT2D eigenvalue weighted by Gasteiger charge is -2.40. The molecule has 10 heteroatoms. The molecule has 1 N–H and O–H groups in total. The number of likely N-dealkylation sites (N-methyl/N-ethyl adjacent to an activating group) is 1. The van der Waals surface area contributed by atoms with Gasteiger partial charge < -0.3 is 29.2 Å². The Morgan fingerprint density at radius 1 is 1.04 bits per heavy atom. The van der Waals surface area contributed by atoms with E-state index in [1.165, 1.54) is 0 Å². The van der Waals surface area contributed by atoms with Gasteiger partial charge in [-0.2, -0.15) is 0 Å². The molecule has 7 atom stereocenters. The molecule has 1 fully saturated rings. The van der Waals surface area contributed by atoms with Crippen LogP contribution in [-0.4, -0.2) is 104 Å². The van der Waals surface area contributed by atoms with Crippen molar-refractivity contribution in [2.24, 2.45) is 11.8 Å². The molecule has 1 heterocycles. The molecule has 2 amide bonds. The fourth-order valence-electron chi connectivity index (χ4n) is 6.61. The number of rotatable bonds is 17. The van der Waals surface area contributed by atoms with Crippen molar-refractivity contribution in [3.8, 4) is 0 Å². The van der Waals surface area contributed by atoms with E-state index < -0.39 is 23.0 Å². The van der Waals surface area contributed by atoms with Crippen molar-refractivity contribution < 1.29 is 33.3 Å². The average molecular weight is 648 g/mol. The number of likely N-dealkylation sites (tertiary alicyclic amines) is 1. The number of carbonyl (C=O) groups is 3. The molecule has 0 unspecified atom stereocenters. The molecule has 0 bridgehead atoms. The van der Waals surface area contributed by atoms with E-state index >= 15 is 0 Å². The van der Waals surface area contributed by atoms with Crippen molar-refractivity contribution in [3.63, 3.8) is 0 Å². The standard InChI is InChI=1S/C36H61N3O7/c1-12-25(3)30(38(9)34(42)46-35(5,6)7)29(43-10)21-23-39-22-17-20-28(39)31(44-11)26(4)32(40)37-36(8,33(41)45-13-2)24-27-18-15-14-16-19-27/h14-16,18-19,25-26,28-31H,12-13,17,20-24H2,1-11H3,(H,37,40)/t25-,26+,28-,29+,30-,31+,36-/m0/s1.